The first kappa shape index (κ1) is 14.1. The molecule has 2 rings (SSSR count). The summed E-state index contributed by atoms with van der Waals surface area (Å²) < 4.78 is 0. The molecule has 1 fully saturated rings. The Morgan fingerprint density at radius 2 is 1.33 bits per heavy atom. The molecule has 1 saturated heterocycles. The minimum absolute atomic E-state index is 0.289. The Morgan fingerprint density at radius 3 is 1.61 bits per heavy atom. The van der Waals surface area contributed by atoms with E-state index in [1.54, 1.807) is 0 Å². The van der Waals surface area contributed by atoms with Crippen LogP contribution in [0.25, 0.3) is 0 Å². The number of piperazine rings is 1. The molecule has 0 atom stereocenters. The van der Waals surface area contributed by atoms with Crippen molar-refractivity contribution < 1.29 is 25.2 Å². The van der Waals surface area contributed by atoms with Crippen molar-refractivity contribution in [3.05, 3.63) is 17.7 Å². The number of carboxylic acid groups (broad SMARTS) is 1. The van der Waals surface area contributed by atoms with Crippen molar-refractivity contribution in [2.24, 2.45) is 0 Å². The number of nitrogens with one attached hydrogen (secondary N) is 2. The summed E-state index contributed by atoms with van der Waals surface area (Å²) >= 11 is 0. The summed E-state index contributed by atoms with van der Waals surface area (Å²) in [5.74, 6) is -3.33. The van der Waals surface area contributed by atoms with Gasteiger partial charge < -0.3 is 31.1 Å². The lowest BCUT2D eigenvalue weighted by molar-refractivity contribution is 0.0696. The van der Waals surface area contributed by atoms with Crippen molar-refractivity contribution in [3.8, 4) is 17.2 Å². The molecule has 0 radical (unpaired) electrons. The van der Waals surface area contributed by atoms with Gasteiger partial charge in [-0.15, -0.1) is 0 Å². The number of carbonyl (C=O) groups is 1. The van der Waals surface area contributed by atoms with Crippen LogP contribution in [0.1, 0.15) is 10.4 Å². The molecule has 0 bridgehead atoms. The molecule has 1 aromatic carbocycles. The largest absolute Gasteiger partial charge is 0.504 e. The maximum Gasteiger partial charge on any atom is 0.335 e. The highest BCUT2D eigenvalue weighted by molar-refractivity contribution is 5.89. The van der Waals surface area contributed by atoms with Crippen molar-refractivity contribution in [1.82, 2.24) is 10.6 Å². The first-order valence-corrected chi connectivity index (χ1v) is 5.42. The van der Waals surface area contributed by atoms with Gasteiger partial charge in [0.1, 0.15) is 0 Å². The average molecular weight is 256 g/mol. The van der Waals surface area contributed by atoms with E-state index in [1.807, 2.05) is 0 Å². The SMILES string of the molecule is C1CNCCN1.O=C(O)c1cc(O)c(O)c(O)c1. The lowest BCUT2D eigenvalue weighted by Crippen LogP contribution is -2.39. The van der Waals surface area contributed by atoms with Crippen LogP contribution in [-0.2, 0) is 0 Å². The summed E-state index contributed by atoms with van der Waals surface area (Å²) in [7, 11) is 0. The first-order valence-electron chi connectivity index (χ1n) is 5.42. The Hall–Kier alpha value is -1.99. The average Bonchev–Trinajstić information content (AvgIpc) is 2.38. The van der Waals surface area contributed by atoms with E-state index in [0.29, 0.717) is 0 Å². The summed E-state index contributed by atoms with van der Waals surface area (Å²) in [6.07, 6.45) is 0. The van der Waals surface area contributed by atoms with E-state index in [9.17, 15) is 4.79 Å². The molecule has 0 amide bonds. The summed E-state index contributed by atoms with van der Waals surface area (Å²) in [4.78, 5) is 10.3. The van der Waals surface area contributed by atoms with Crippen molar-refractivity contribution in [2.75, 3.05) is 26.2 Å². The molecule has 7 heteroatoms. The Bertz CT molecular complexity index is 383. The molecule has 0 unspecified atom stereocenters. The quantitative estimate of drug-likeness (QED) is 0.381. The number of hydrogen-bond acceptors (Lipinski definition) is 6. The number of carboxylic acids is 1. The topological polar surface area (TPSA) is 122 Å². The van der Waals surface area contributed by atoms with E-state index in [4.69, 9.17) is 20.4 Å². The highest BCUT2D eigenvalue weighted by atomic mass is 16.4. The number of rotatable bonds is 1. The van der Waals surface area contributed by atoms with E-state index in [0.717, 1.165) is 38.3 Å². The van der Waals surface area contributed by atoms with Gasteiger partial charge in [0.15, 0.2) is 17.2 Å². The zero-order valence-electron chi connectivity index (χ0n) is 9.68. The van der Waals surface area contributed by atoms with Gasteiger partial charge >= 0.3 is 5.97 Å². The minimum Gasteiger partial charge on any atom is -0.504 e. The Labute approximate surface area is 104 Å². The fraction of sp³-hybridized carbons (Fsp3) is 0.364. The molecule has 100 valence electrons. The van der Waals surface area contributed by atoms with Gasteiger partial charge in [0, 0.05) is 26.2 Å². The normalized spacial score (nSPS) is 14.4. The van der Waals surface area contributed by atoms with Gasteiger partial charge in [-0.1, -0.05) is 0 Å². The van der Waals surface area contributed by atoms with Gasteiger partial charge in [-0.2, -0.15) is 0 Å². The van der Waals surface area contributed by atoms with E-state index in [-0.39, 0.29) is 5.56 Å². The second-order valence-electron chi connectivity index (χ2n) is 3.67. The van der Waals surface area contributed by atoms with Crippen LogP contribution in [0, 0.1) is 0 Å². The fourth-order valence-corrected chi connectivity index (χ4v) is 1.33. The number of aromatic carboxylic acids is 1. The van der Waals surface area contributed by atoms with Gasteiger partial charge in [0.25, 0.3) is 0 Å². The Balaban J connectivity index is 0.000000225. The zero-order valence-corrected chi connectivity index (χ0v) is 9.68. The van der Waals surface area contributed by atoms with E-state index < -0.39 is 23.2 Å². The molecule has 0 aliphatic carbocycles. The predicted molar refractivity (Wildman–Crippen MR) is 64.1 cm³/mol. The molecule has 7 nitrogen and oxygen atoms in total. The molecule has 1 aliphatic heterocycles. The van der Waals surface area contributed by atoms with Gasteiger partial charge in [-0.25, -0.2) is 4.79 Å². The van der Waals surface area contributed by atoms with Crippen molar-refractivity contribution in [2.45, 2.75) is 0 Å². The second-order valence-corrected chi connectivity index (χ2v) is 3.67. The number of benzene rings is 1. The molecule has 1 aromatic rings. The highest BCUT2D eigenvalue weighted by Gasteiger charge is 2.11. The first-order chi connectivity index (χ1) is 8.52. The van der Waals surface area contributed by atoms with Gasteiger partial charge in [-0.05, 0) is 12.1 Å². The van der Waals surface area contributed by atoms with E-state index >= 15 is 0 Å². The standard InChI is InChI=1S/C7H6O5.C4H10N2/c8-4-1-3(7(11)12)2-5(9)6(4)10;1-2-6-4-3-5-1/h1-2,8-10H,(H,11,12);5-6H,1-4H2. The third-order valence-electron chi connectivity index (χ3n) is 2.27. The molecule has 0 spiro atoms. The molecule has 0 saturated carbocycles. The second kappa shape index (κ2) is 6.67. The van der Waals surface area contributed by atoms with Crippen LogP contribution in [-0.4, -0.2) is 52.6 Å². The number of phenolic OH excluding ortho intramolecular Hbond substituents is 3. The lowest BCUT2D eigenvalue weighted by Gasteiger charge is -2.11. The molecule has 1 heterocycles. The molecule has 1 aliphatic rings. The third-order valence-corrected chi connectivity index (χ3v) is 2.27. The molecule has 6 N–H and O–H groups in total. The van der Waals surface area contributed by atoms with Gasteiger partial charge in [0.2, 0.25) is 0 Å². The monoisotopic (exact) mass is 256 g/mol. The van der Waals surface area contributed by atoms with Crippen LogP contribution in [0.15, 0.2) is 12.1 Å². The van der Waals surface area contributed by atoms with Gasteiger partial charge in [-0.3, -0.25) is 0 Å². The predicted octanol–water partition coefficient (Wildman–Crippen LogP) is -0.319. The number of aromatic hydroxyl groups is 3. The maximum atomic E-state index is 10.3. The van der Waals surface area contributed by atoms with Crippen molar-refractivity contribution in [3.63, 3.8) is 0 Å². The summed E-state index contributed by atoms with van der Waals surface area (Å²) in [5.41, 5.74) is -0.289. The van der Waals surface area contributed by atoms with Crippen LogP contribution in [0.2, 0.25) is 0 Å². The van der Waals surface area contributed by atoms with E-state index in [2.05, 4.69) is 10.6 Å². The number of hydrogen-bond donors (Lipinski definition) is 6. The minimum atomic E-state index is -1.29. The van der Waals surface area contributed by atoms with E-state index in [1.165, 1.54) is 0 Å². The van der Waals surface area contributed by atoms with Crippen molar-refractivity contribution in [1.29, 1.82) is 0 Å². The lowest BCUT2D eigenvalue weighted by atomic mass is 10.2. The smallest absolute Gasteiger partial charge is 0.335 e. The van der Waals surface area contributed by atoms with Crippen molar-refractivity contribution >= 4 is 5.97 Å². The van der Waals surface area contributed by atoms with Crippen LogP contribution < -0.4 is 10.6 Å². The summed E-state index contributed by atoms with van der Waals surface area (Å²) in [6, 6.07) is 1.69. The van der Waals surface area contributed by atoms with Crippen LogP contribution in [0.3, 0.4) is 0 Å². The van der Waals surface area contributed by atoms with Crippen LogP contribution in [0.5, 0.6) is 17.2 Å². The zero-order chi connectivity index (χ0) is 13.5. The highest BCUT2D eigenvalue weighted by Crippen LogP contribution is 2.35. The van der Waals surface area contributed by atoms with Crippen LogP contribution in [0.4, 0.5) is 0 Å². The Morgan fingerprint density at radius 1 is 0.944 bits per heavy atom. The van der Waals surface area contributed by atoms with Crippen LogP contribution >= 0.6 is 0 Å². The van der Waals surface area contributed by atoms with Gasteiger partial charge in [0.05, 0.1) is 5.56 Å². The molecule has 0 aromatic heterocycles. The molecular weight excluding hydrogens is 240 g/mol. The Kier molecular flexibility index (Phi) is 5.22. The third kappa shape index (κ3) is 4.11. The summed E-state index contributed by atoms with van der Waals surface area (Å²) in [5, 5.41) is 41.4. The molecular formula is C11H16N2O5. The number of phenols is 3. The molecule has 18 heavy (non-hydrogen) atoms. The summed E-state index contributed by atoms with van der Waals surface area (Å²) in [6.45, 7) is 4.56. The fourth-order valence-electron chi connectivity index (χ4n) is 1.33. The maximum absolute atomic E-state index is 10.3.